The predicted octanol–water partition coefficient (Wildman–Crippen LogP) is 3.78. The Kier molecular flexibility index (Phi) is 8.92. The average Bonchev–Trinajstić information content (AvgIpc) is 3.37. The van der Waals surface area contributed by atoms with E-state index in [4.69, 9.17) is 0 Å². The smallest absolute Gasteiger partial charge is 0.356 e. The summed E-state index contributed by atoms with van der Waals surface area (Å²) < 4.78 is 4.54. The number of ketones is 1. The molecule has 2 aromatic rings. The quantitative estimate of drug-likeness (QED) is 0.282. The molecule has 0 radical (unpaired) electrons. The van der Waals surface area contributed by atoms with Crippen LogP contribution in [0.15, 0.2) is 84.2 Å². The molecule has 1 aliphatic rings. The molecule has 1 aliphatic carbocycles. The zero-order valence-electron chi connectivity index (χ0n) is 14.1. The van der Waals surface area contributed by atoms with Crippen molar-refractivity contribution in [2.45, 2.75) is 6.42 Å². The number of nitrogens with zero attached hydrogens (tertiary/aromatic N) is 1. The molecule has 0 bridgehead atoms. The standard InChI is InChI=1S/C15H13NO4.C5H5.Fe/c1-20-15(19)12-8-4-7-11(16-12)14(18)9-13(17)10-5-2-3-6-10;1-2-4-5-3-1;/h2-8,17H,9H2,1H3;1-5H;/q;-1;. The minimum absolute atomic E-state index is 0. The summed E-state index contributed by atoms with van der Waals surface area (Å²) in [7, 11) is 1.24. The van der Waals surface area contributed by atoms with Gasteiger partial charge in [-0.05, 0) is 12.1 Å². The number of aliphatic hydroxyl groups is 1. The van der Waals surface area contributed by atoms with Gasteiger partial charge in [0, 0.05) is 22.6 Å². The van der Waals surface area contributed by atoms with Crippen molar-refractivity contribution in [3.05, 3.63) is 95.6 Å². The van der Waals surface area contributed by atoms with Crippen LogP contribution in [0.2, 0.25) is 0 Å². The van der Waals surface area contributed by atoms with Crippen LogP contribution in [0.25, 0.3) is 0 Å². The van der Waals surface area contributed by atoms with Gasteiger partial charge in [0.15, 0.2) is 5.78 Å². The molecule has 1 aromatic carbocycles. The predicted molar refractivity (Wildman–Crippen MR) is 94.5 cm³/mol. The van der Waals surface area contributed by atoms with Crippen molar-refractivity contribution in [2.75, 3.05) is 7.11 Å². The Morgan fingerprint density at radius 3 is 2.23 bits per heavy atom. The van der Waals surface area contributed by atoms with Gasteiger partial charge in [-0.25, -0.2) is 21.9 Å². The number of aromatic nitrogens is 1. The van der Waals surface area contributed by atoms with Crippen molar-refractivity contribution >= 4 is 11.8 Å². The molecule has 1 aromatic heterocycles. The molecule has 5 nitrogen and oxygen atoms in total. The number of rotatable bonds is 4. The second kappa shape index (κ2) is 10.9. The molecule has 6 heteroatoms. The summed E-state index contributed by atoms with van der Waals surface area (Å²) in [4.78, 5) is 27.3. The van der Waals surface area contributed by atoms with E-state index in [2.05, 4.69) is 9.72 Å². The summed E-state index contributed by atoms with van der Waals surface area (Å²) in [5, 5.41) is 9.84. The Morgan fingerprint density at radius 1 is 1.08 bits per heavy atom. The summed E-state index contributed by atoms with van der Waals surface area (Å²) in [6.07, 6.45) is 6.79. The van der Waals surface area contributed by atoms with Gasteiger partial charge < -0.3 is 9.84 Å². The topological polar surface area (TPSA) is 76.5 Å². The van der Waals surface area contributed by atoms with Crippen LogP contribution in [0.4, 0.5) is 0 Å². The Hall–Kier alpha value is -2.82. The number of esters is 1. The molecule has 3 rings (SSSR count). The fourth-order valence-electron chi connectivity index (χ4n) is 2.04. The van der Waals surface area contributed by atoms with Gasteiger partial charge in [0.2, 0.25) is 0 Å². The van der Waals surface area contributed by atoms with E-state index in [0.29, 0.717) is 5.57 Å². The van der Waals surface area contributed by atoms with E-state index < -0.39 is 5.97 Å². The molecule has 0 amide bonds. The Morgan fingerprint density at radius 2 is 1.69 bits per heavy atom. The van der Waals surface area contributed by atoms with E-state index >= 15 is 0 Å². The number of hydrogen-bond donors (Lipinski definition) is 1. The molecule has 0 unspecified atom stereocenters. The van der Waals surface area contributed by atoms with Crippen molar-refractivity contribution in [1.82, 2.24) is 4.98 Å². The zero-order valence-corrected chi connectivity index (χ0v) is 15.2. The molecule has 0 spiro atoms. The van der Waals surface area contributed by atoms with Crippen molar-refractivity contribution in [3.63, 3.8) is 0 Å². The van der Waals surface area contributed by atoms with Crippen LogP contribution >= 0.6 is 0 Å². The van der Waals surface area contributed by atoms with Crippen molar-refractivity contribution in [1.29, 1.82) is 0 Å². The maximum Gasteiger partial charge on any atom is 0.356 e. The fourth-order valence-corrected chi connectivity index (χ4v) is 2.04. The number of Topliss-reactive ketones (excluding diaryl/α,β-unsaturated/α-hetero) is 1. The number of ether oxygens (including phenoxy) is 1. The van der Waals surface area contributed by atoms with Crippen LogP contribution in [-0.4, -0.2) is 29.0 Å². The van der Waals surface area contributed by atoms with Gasteiger partial charge >= 0.3 is 5.97 Å². The molecule has 0 aliphatic heterocycles. The average molecular weight is 392 g/mol. The molecule has 136 valence electrons. The maximum absolute atomic E-state index is 12.0. The normalized spacial score (nSPS) is 11.2. The van der Waals surface area contributed by atoms with Crippen molar-refractivity contribution < 1.29 is 36.5 Å². The second-order valence-corrected chi connectivity index (χ2v) is 5.08. The van der Waals surface area contributed by atoms with Gasteiger partial charge in [0.1, 0.15) is 17.1 Å². The van der Waals surface area contributed by atoms with Crippen molar-refractivity contribution in [3.8, 4) is 0 Å². The zero-order chi connectivity index (χ0) is 18.1. The molecular weight excluding hydrogens is 374 g/mol. The molecule has 0 fully saturated rings. The van der Waals surface area contributed by atoms with Crippen LogP contribution in [-0.2, 0) is 21.8 Å². The first-order chi connectivity index (χ1) is 12.1. The van der Waals surface area contributed by atoms with Crippen molar-refractivity contribution in [2.24, 2.45) is 0 Å². The van der Waals surface area contributed by atoms with E-state index in [9.17, 15) is 14.7 Å². The third-order valence-corrected chi connectivity index (χ3v) is 3.31. The molecule has 1 N–H and O–H groups in total. The maximum atomic E-state index is 12.0. The fraction of sp³-hybridized carbons (Fsp3) is 0.100. The van der Waals surface area contributed by atoms with E-state index in [-0.39, 0.29) is 46.4 Å². The minimum Gasteiger partial charge on any atom is -0.511 e. The Bertz CT molecular complexity index is 789. The summed E-state index contributed by atoms with van der Waals surface area (Å²) in [5.41, 5.74) is 0.777. The molecule has 0 saturated carbocycles. The van der Waals surface area contributed by atoms with Gasteiger partial charge in [-0.1, -0.05) is 30.4 Å². The van der Waals surface area contributed by atoms with Gasteiger partial charge in [-0.15, -0.1) is 0 Å². The Labute approximate surface area is 162 Å². The largest absolute Gasteiger partial charge is 0.511 e. The number of allylic oxidation sites excluding steroid dienone is 6. The van der Waals surface area contributed by atoms with E-state index in [1.807, 2.05) is 30.3 Å². The van der Waals surface area contributed by atoms with Crippen LogP contribution in [0.1, 0.15) is 27.4 Å². The first-order valence-corrected chi connectivity index (χ1v) is 7.64. The van der Waals surface area contributed by atoms with Crippen LogP contribution in [0.5, 0.6) is 0 Å². The molecule has 0 saturated heterocycles. The Balaban J connectivity index is 0.000000486. The SMILES string of the molecule is COC(=O)c1cccc(C(=O)CC(O)=C2C=CC=C2)n1.[Fe].c1cc[cH-]c1. The second-order valence-electron chi connectivity index (χ2n) is 5.08. The van der Waals surface area contributed by atoms with Gasteiger partial charge in [0.25, 0.3) is 0 Å². The molecular formula is C20H18FeNO4-. The monoisotopic (exact) mass is 392 g/mol. The molecule has 1 heterocycles. The number of aliphatic hydroxyl groups excluding tert-OH is 1. The minimum atomic E-state index is -0.608. The first-order valence-electron chi connectivity index (χ1n) is 7.64. The van der Waals surface area contributed by atoms with Crippen LogP contribution in [0.3, 0.4) is 0 Å². The number of carbonyl (C=O) groups excluding carboxylic acids is 2. The van der Waals surface area contributed by atoms with Gasteiger partial charge in [-0.2, -0.15) is 18.2 Å². The third kappa shape index (κ3) is 6.24. The summed E-state index contributed by atoms with van der Waals surface area (Å²) in [6.45, 7) is 0. The summed E-state index contributed by atoms with van der Waals surface area (Å²) in [5.74, 6) is -0.997. The molecule has 0 atom stereocenters. The van der Waals surface area contributed by atoms with Gasteiger partial charge in [-0.3, -0.25) is 4.79 Å². The van der Waals surface area contributed by atoms with Crippen LogP contribution < -0.4 is 0 Å². The van der Waals surface area contributed by atoms with E-state index in [0.717, 1.165) is 0 Å². The van der Waals surface area contributed by atoms with E-state index in [1.165, 1.54) is 19.2 Å². The van der Waals surface area contributed by atoms with Crippen LogP contribution in [0, 0.1) is 0 Å². The third-order valence-electron chi connectivity index (χ3n) is 3.31. The number of pyridine rings is 1. The molecule has 26 heavy (non-hydrogen) atoms. The summed E-state index contributed by atoms with van der Waals surface area (Å²) in [6, 6.07) is 14.5. The van der Waals surface area contributed by atoms with Gasteiger partial charge in [0.05, 0.1) is 13.5 Å². The number of methoxy groups -OCH3 is 1. The summed E-state index contributed by atoms with van der Waals surface area (Å²) >= 11 is 0. The first kappa shape index (κ1) is 21.2. The number of hydrogen-bond acceptors (Lipinski definition) is 5. The number of carbonyl (C=O) groups is 2. The van der Waals surface area contributed by atoms with E-state index in [1.54, 1.807) is 30.4 Å².